The molecule has 138 valence electrons. The fraction of sp³-hybridized carbons (Fsp3) is 0.579. The molecule has 1 amide bonds. The highest BCUT2D eigenvalue weighted by Crippen LogP contribution is 2.45. The molecule has 0 atom stereocenters. The molecular formula is C19H29IN4O. The number of carbonyl (C=O) groups is 1. The summed E-state index contributed by atoms with van der Waals surface area (Å²) in [4.78, 5) is 18.4. The van der Waals surface area contributed by atoms with Crippen molar-refractivity contribution in [1.29, 1.82) is 0 Å². The van der Waals surface area contributed by atoms with Crippen molar-refractivity contribution >= 4 is 35.8 Å². The monoisotopic (exact) mass is 456 g/mol. The number of carbonyl (C=O) groups excluding carboxylic acids is 1. The Morgan fingerprint density at radius 3 is 2.52 bits per heavy atom. The van der Waals surface area contributed by atoms with Crippen LogP contribution in [0.5, 0.6) is 0 Å². The number of aliphatic imine (C=N–C) groups is 1. The summed E-state index contributed by atoms with van der Waals surface area (Å²) in [5, 5.41) is 3.43. The molecule has 0 unspecified atom stereocenters. The lowest BCUT2D eigenvalue weighted by molar-refractivity contribution is 0.100. The van der Waals surface area contributed by atoms with E-state index in [2.05, 4.69) is 17.1 Å². The number of amides is 1. The second-order valence-corrected chi connectivity index (χ2v) is 7.11. The Kier molecular flexibility index (Phi) is 7.10. The molecule has 5 nitrogen and oxygen atoms in total. The van der Waals surface area contributed by atoms with Gasteiger partial charge in [-0.05, 0) is 49.3 Å². The third-order valence-electron chi connectivity index (χ3n) is 5.39. The van der Waals surface area contributed by atoms with Gasteiger partial charge >= 0.3 is 0 Å². The maximum Gasteiger partial charge on any atom is 0.248 e. The second kappa shape index (κ2) is 8.87. The lowest BCUT2D eigenvalue weighted by Gasteiger charge is -2.26. The van der Waals surface area contributed by atoms with E-state index in [4.69, 9.17) is 10.7 Å². The van der Waals surface area contributed by atoms with Gasteiger partial charge in [0, 0.05) is 25.2 Å². The number of hydrogen-bond acceptors (Lipinski definition) is 2. The highest BCUT2D eigenvalue weighted by Gasteiger charge is 2.41. The molecule has 1 aliphatic carbocycles. The maximum atomic E-state index is 11.1. The van der Waals surface area contributed by atoms with Crippen LogP contribution in [0.15, 0.2) is 29.3 Å². The number of hydrogen-bond donors (Lipinski definition) is 2. The zero-order valence-electron chi connectivity index (χ0n) is 15.0. The number of nitrogens with one attached hydrogen (secondary N) is 1. The van der Waals surface area contributed by atoms with Crippen LogP contribution in [0.25, 0.3) is 0 Å². The van der Waals surface area contributed by atoms with Crippen LogP contribution in [0.2, 0.25) is 0 Å². The van der Waals surface area contributed by atoms with E-state index in [1.54, 1.807) is 12.1 Å². The van der Waals surface area contributed by atoms with Gasteiger partial charge in [-0.25, -0.2) is 4.99 Å². The summed E-state index contributed by atoms with van der Waals surface area (Å²) >= 11 is 0. The van der Waals surface area contributed by atoms with Crippen LogP contribution >= 0.6 is 24.0 Å². The van der Waals surface area contributed by atoms with Gasteiger partial charge in [0.15, 0.2) is 5.96 Å². The molecule has 2 fully saturated rings. The summed E-state index contributed by atoms with van der Waals surface area (Å²) in [5.74, 6) is 0.623. The quantitative estimate of drug-likeness (QED) is 0.416. The van der Waals surface area contributed by atoms with Gasteiger partial charge in [-0.1, -0.05) is 25.0 Å². The van der Waals surface area contributed by atoms with Crippen LogP contribution in [0.3, 0.4) is 0 Å². The average Bonchev–Trinajstić information content (AvgIpc) is 3.22. The van der Waals surface area contributed by atoms with Gasteiger partial charge in [0.25, 0.3) is 0 Å². The number of primary amides is 1. The van der Waals surface area contributed by atoms with Crippen LogP contribution in [-0.2, 0) is 6.54 Å². The fourth-order valence-electron chi connectivity index (χ4n) is 4.02. The van der Waals surface area contributed by atoms with Crippen molar-refractivity contribution in [1.82, 2.24) is 10.2 Å². The summed E-state index contributed by atoms with van der Waals surface area (Å²) in [6, 6.07) is 7.39. The van der Waals surface area contributed by atoms with Crippen molar-refractivity contribution in [2.75, 3.05) is 19.6 Å². The molecule has 6 heteroatoms. The molecule has 1 saturated heterocycles. The highest BCUT2D eigenvalue weighted by molar-refractivity contribution is 14.0. The van der Waals surface area contributed by atoms with Crippen molar-refractivity contribution in [3.8, 4) is 0 Å². The van der Waals surface area contributed by atoms with Crippen LogP contribution in [-0.4, -0.2) is 36.4 Å². The molecule has 3 rings (SSSR count). The van der Waals surface area contributed by atoms with Gasteiger partial charge < -0.3 is 16.0 Å². The Bertz CT molecular complexity index is 608. The van der Waals surface area contributed by atoms with Gasteiger partial charge in [-0.3, -0.25) is 4.79 Å². The molecule has 1 spiro atoms. The van der Waals surface area contributed by atoms with E-state index in [1.165, 1.54) is 32.1 Å². The van der Waals surface area contributed by atoms with Gasteiger partial charge in [0.2, 0.25) is 5.91 Å². The van der Waals surface area contributed by atoms with Gasteiger partial charge in [-0.15, -0.1) is 24.0 Å². The first kappa shape index (κ1) is 20.0. The minimum atomic E-state index is -0.391. The number of guanidine groups is 1. The smallest absolute Gasteiger partial charge is 0.248 e. The molecule has 0 bridgehead atoms. The topological polar surface area (TPSA) is 70.7 Å². The molecule has 0 radical (unpaired) electrons. The van der Waals surface area contributed by atoms with Crippen molar-refractivity contribution in [2.45, 2.75) is 45.6 Å². The minimum Gasteiger partial charge on any atom is -0.366 e. The molecule has 25 heavy (non-hydrogen) atoms. The molecule has 3 N–H and O–H groups in total. The SMILES string of the molecule is CCNC(=NCc1ccc(C(N)=O)cc1)N1CCC2(CCCC2)C1.I. The normalized spacial score (nSPS) is 19.1. The summed E-state index contributed by atoms with van der Waals surface area (Å²) in [6.45, 7) is 5.85. The third kappa shape index (κ3) is 4.86. The van der Waals surface area contributed by atoms with E-state index in [9.17, 15) is 4.79 Å². The number of rotatable bonds is 4. The molecule has 1 aliphatic heterocycles. The molecule has 1 saturated carbocycles. The van der Waals surface area contributed by atoms with Gasteiger partial charge in [0.1, 0.15) is 0 Å². The van der Waals surface area contributed by atoms with E-state index in [1.807, 2.05) is 12.1 Å². The van der Waals surface area contributed by atoms with E-state index in [-0.39, 0.29) is 24.0 Å². The number of likely N-dealkylation sites (tertiary alicyclic amines) is 1. The van der Waals surface area contributed by atoms with Gasteiger partial charge in [0.05, 0.1) is 6.54 Å². The van der Waals surface area contributed by atoms with Crippen LogP contribution in [0.1, 0.15) is 54.9 Å². The van der Waals surface area contributed by atoms with Crippen molar-refractivity contribution in [2.24, 2.45) is 16.1 Å². The lowest BCUT2D eigenvalue weighted by Crippen LogP contribution is -2.41. The van der Waals surface area contributed by atoms with Crippen molar-refractivity contribution < 1.29 is 4.79 Å². The minimum absolute atomic E-state index is 0. The number of nitrogens with two attached hydrogens (primary N) is 1. The third-order valence-corrected chi connectivity index (χ3v) is 5.39. The van der Waals surface area contributed by atoms with Crippen molar-refractivity contribution in [3.63, 3.8) is 0 Å². The Labute approximate surface area is 167 Å². The summed E-state index contributed by atoms with van der Waals surface area (Å²) in [7, 11) is 0. The second-order valence-electron chi connectivity index (χ2n) is 7.11. The fourth-order valence-corrected chi connectivity index (χ4v) is 4.02. The van der Waals surface area contributed by atoms with E-state index < -0.39 is 5.91 Å². The number of halogens is 1. The molecule has 0 aromatic heterocycles. The summed E-state index contributed by atoms with van der Waals surface area (Å²) in [5.41, 5.74) is 7.45. The van der Waals surface area contributed by atoms with Crippen molar-refractivity contribution in [3.05, 3.63) is 35.4 Å². The largest absolute Gasteiger partial charge is 0.366 e. The number of nitrogens with zero attached hydrogens (tertiary/aromatic N) is 2. The van der Waals surface area contributed by atoms with E-state index >= 15 is 0 Å². The zero-order chi connectivity index (χ0) is 17.0. The van der Waals surface area contributed by atoms with E-state index in [0.717, 1.165) is 31.2 Å². The lowest BCUT2D eigenvalue weighted by atomic mass is 9.86. The Morgan fingerprint density at radius 1 is 1.24 bits per heavy atom. The molecule has 1 aromatic rings. The van der Waals surface area contributed by atoms with E-state index in [0.29, 0.717) is 17.5 Å². The first-order valence-electron chi connectivity index (χ1n) is 9.04. The Balaban J connectivity index is 0.00000225. The van der Waals surface area contributed by atoms with Gasteiger partial charge in [-0.2, -0.15) is 0 Å². The molecule has 1 heterocycles. The van der Waals surface area contributed by atoms with Crippen LogP contribution < -0.4 is 11.1 Å². The first-order chi connectivity index (χ1) is 11.6. The maximum absolute atomic E-state index is 11.1. The molecule has 1 aromatic carbocycles. The number of benzene rings is 1. The Hall–Kier alpha value is -1.31. The highest BCUT2D eigenvalue weighted by atomic mass is 127. The Morgan fingerprint density at radius 2 is 1.92 bits per heavy atom. The molecular weight excluding hydrogens is 427 g/mol. The predicted octanol–water partition coefficient (Wildman–Crippen LogP) is 3.14. The standard InChI is InChI=1S/C19H28N4O.HI/c1-2-21-18(23-12-11-19(14-23)9-3-4-10-19)22-13-15-5-7-16(8-6-15)17(20)24;/h5-8H,2-4,9-14H2,1H3,(H2,20,24)(H,21,22);1H. The molecule has 2 aliphatic rings. The average molecular weight is 456 g/mol. The summed E-state index contributed by atoms with van der Waals surface area (Å²) in [6.07, 6.45) is 6.81. The predicted molar refractivity (Wildman–Crippen MR) is 112 cm³/mol. The summed E-state index contributed by atoms with van der Waals surface area (Å²) < 4.78 is 0. The zero-order valence-corrected chi connectivity index (χ0v) is 17.3. The van der Waals surface area contributed by atoms with Crippen LogP contribution in [0.4, 0.5) is 0 Å². The van der Waals surface area contributed by atoms with Crippen LogP contribution in [0, 0.1) is 5.41 Å². The first-order valence-corrected chi connectivity index (χ1v) is 9.04.